The Morgan fingerprint density at radius 1 is 1.18 bits per heavy atom. The van der Waals surface area contributed by atoms with Gasteiger partial charge in [-0.3, -0.25) is 9.78 Å². The quantitative estimate of drug-likeness (QED) is 0.707. The molecule has 28 heavy (non-hydrogen) atoms. The maximum atomic E-state index is 12.5. The minimum Gasteiger partial charge on any atom is -0.493 e. The first-order valence-electron chi connectivity index (χ1n) is 9.29. The first kappa shape index (κ1) is 20.3. The Hall–Kier alpha value is -2.45. The maximum Gasteiger partial charge on any atom is 0.244 e. The van der Waals surface area contributed by atoms with Crippen LogP contribution in [0.2, 0.25) is 0 Å². The van der Waals surface area contributed by atoms with Gasteiger partial charge in [-0.15, -0.1) is 0 Å². The molecule has 0 N–H and O–H groups in total. The van der Waals surface area contributed by atoms with Gasteiger partial charge < -0.3 is 9.64 Å². The van der Waals surface area contributed by atoms with Crippen LogP contribution in [0.1, 0.15) is 12.8 Å². The smallest absolute Gasteiger partial charge is 0.244 e. The van der Waals surface area contributed by atoms with Crippen molar-refractivity contribution in [2.45, 2.75) is 17.7 Å². The Balaban J connectivity index is 1.47. The minimum atomic E-state index is -3.72. The Kier molecular flexibility index (Phi) is 6.64. The molecule has 0 aliphatic carbocycles. The number of nitrogens with zero attached hydrogens (tertiary/aromatic N) is 3. The number of pyridine rings is 1. The SMILES string of the molecule is CN(CC(=O)N1CCC(COc2ccccc2)CC1)S(=O)(=O)c1cccnc1. The van der Waals surface area contributed by atoms with Gasteiger partial charge in [-0.05, 0) is 43.0 Å². The fourth-order valence-corrected chi connectivity index (χ4v) is 4.22. The molecule has 1 saturated heterocycles. The van der Waals surface area contributed by atoms with Crippen molar-refractivity contribution < 1.29 is 17.9 Å². The van der Waals surface area contributed by atoms with Gasteiger partial charge in [-0.1, -0.05) is 18.2 Å². The zero-order valence-electron chi connectivity index (χ0n) is 15.9. The van der Waals surface area contributed by atoms with Crippen molar-refractivity contribution in [2.24, 2.45) is 5.92 Å². The van der Waals surface area contributed by atoms with Crippen molar-refractivity contribution in [3.63, 3.8) is 0 Å². The van der Waals surface area contributed by atoms with Crippen LogP contribution in [-0.2, 0) is 14.8 Å². The number of likely N-dealkylation sites (N-methyl/N-ethyl adjacent to an activating group) is 1. The summed E-state index contributed by atoms with van der Waals surface area (Å²) in [7, 11) is -2.30. The van der Waals surface area contributed by atoms with Crippen molar-refractivity contribution in [3.05, 3.63) is 54.9 Å². The lowest BCUT2D eigenvalue weighted by atomic mass is 9.98. The molecule has 1 aliphatic heterocycles. The number of aromatic nitrogens is 1. The number of piperidine rings is 1. The molecular formula is C20H25N3O4S. The van der Waals surface area contributed by atoms with Crippen molar-refractivity contribution in [1.82, 2.24) is 14.2 Å². The highest BCUT2D eigenvalue weighted by Gasteiger charge is 2.28. The summed E-state index contributed by atoms with van der Waals surface area (Å²) in [5.41, 5.74) is 0. The van der Waals surface area contributed by atoms with Crippen LogP contribution in [0.5, 0.6) is 5.75 Å². The normalized spacial score (nSPS) is 15.6. The molecule has 0 unspecified atom stereocenters. The fraction of sp³-hybridized carbons (Fsp3) is 0.400. The molecule has 0 bridgehead atoms. The van der Waals surface area contributed by atoms with E-state index in [2.05, 4.69) is 4.98 Å². The molecule has 1 aromatic heterocycles. The second kappa shape index (κ2) is 9.16. The van der Waals surface area contributed by atoms with Crippen LogP contribution in [0.15, 0.2) is 59.8 Å². The number of carbonyl (C=O) groups excluding carboxylic acids is 1. The molecule has 150 valence electrons. The molecule has 1 aromatic carbocycles. The van der Waals surface area contributed by atoms with E-state index in [9.17, 15) is 13.2 Å². The van der Waals surface area contributed by atoms with E-state index in [-0.39, 0.29) is 17.3 Å². The van der Waals surface area contributed by atoms with Crippen molar-refractivity contribution >= 4 is 15.9 Å². The van der Waals surface area contributed by atoms with E-state index in [0.29, 0.717) is 25.6 Å². The van der Waals surface area contributed by atoms with Gasteiger partial charge in [0.1, 0.15) is 10.6 Å². The summed E-state index contributed by atoms with van der Waals surface area (Å²) in [6.07, 6.45) is 4.49. The van der Waals surface area contributed by atoms with Crippen LogP contribution in [0.4, 0.5) is 0 Å². The van der Waals surface area contributed by atoms with Crippen LogP contribution in [0.25, 0.3) is 0 Å². The predicted molar refractivity (Wildman–Crippen MR) is 105 cm³/mol. The van der Waals surface area contributed by atoms with Crippen LogP contribution >= 0.6 is 0 Å². The third-order valence-corrected chi connectivity index (χ3v) is 6.68. The van der Waals surface area contributed by atoms with Crippen molar-refractivity contribution in [2.75, 3.05) is 33.3 Å². The molecule has 0 spiro atoms. The average molecular weight is 404 g/mol. The molecule has 1 amide bonds. The number of rotatable bonds is 7. The molecule has 0 radical (unpaired) electrons. The maximum absolute atomic E-state index is 12.5. The van der Waals surface area contributed by atoms with Crippen LogP contribution < -0.4 is 4.74 Å². The van der Waals surface area contributed by atoms with E-state index >= 15 is 0 Å². The van der Waals surface area contributed by atoms with E-state index in [1.54, 1.807) is 11.0 Å². The topological polar surface area (TPSA) is 79.8 Å². The van der Waals surface area contributed by atoms with Gasteiger partial charge in [0.2, 0.25) is 15.9 Å². The zero-order valence-corrected chi connectivity index (χ0v) is 16.7. The van der Waals surface area contributed by atoms with E-state index in [1.165, 1.54) is 25.5 Å². The molecule has 1 aliphatic rings. The lowest BCUT2D eigenvalue weighted by Gasteiger charge is -2.32. The van der Waals surface area contributed by atoms with Gasteiger partial charge in [0.15, 0.2) is 0 Å². The molecule has 3 rings (SSSR count). The number of likely N-dealkylation sites (tertiary alicyclic amines) is 1. The minimum absolute atomic E-state index is 0.0852. The number of sulfonamides is 1. The summed E-state index contributed by atoms with van der Waals surface area (Å²) in [4.78, 5) is 18.2. The molecular weight excluding hydrogens is 378 g/mol. The first-order chi connectivity index (χ1) is 13.5. The number of hydrogen-bond acceptors (Lipinski definition) is 5. The van der Waals surface area contributed by atoms with E-state index in [1.807, 2.05) is 30.3 Å². The number of hydrogen-bond donors (Lipinski definition) is 0. The monoisotopic (exact) mass is 403 g/mol. The number of amides is 1. The lowest BCUT2D eigenvalue weighted by molar-refractivity contribution is -0.132. The standard InChI is InChI=1S/C20H25N3O4S/c1-22(28(25,26)19-8-5-11-21-14-19)15-20(24)23-12-9-17(10-13-23)16-27-18-6-3-2-4-7-18/h2-8,11,14,17H,9-10,12-13,15-16H2,1H3. The van der Waals surface area contributed by atoms with Gasteiger partial charge in [-0.25, -0.2) is 8.42 Å². The summed E-state index contributed by atoms with van der Waals surface area (Å²) >= 11 is 0. The highest BCUT2D eigenvalue weighted by Crippen LogP contribution is 2.20. The second-order valence-electron chi connectivity index (χ2n) is 6.90. The summed E-state index contributed by atoms with van der Waals surface area (Å²) < 4.78 is 31.9. The molecule has 2 heterocycles. The van der Waals surface area contributed by atoms with Crippen molar-refractivity contribution in [3.8, 4) is 5.75 Å². The Morgan fingerprint density at radius 3 is 2.54 bits per heavy atom. The zero-order chi connectivity index (χ0) is 20.0. The van der Waals surface area contributed by atoms with Crippen LogP contribution in [0.3, 0.4) is 0 Å². The average Bonchev–Trinajstić information content (AvgIpc) is 2.74. The highest BCUT2D eigenvalue weighted by atomic mass is 32.2. The second-order valence-corrected chi connectivity index (χ2v) is 8.94. The van der Waals surface area contributed by atoms with Gasteiger partial charge >= 0.3 is 0 Å². The molecule has 0 atom stereocenters. The first-order valence-corrected chi connectivity index (χ1v) is 10.7. The van der Waals surface area contributed by atoms with Gasteiger partial charge in [0, 0.05) is 32.5 Å². The third-order valence-electron chi connectivity index (χ3n) is 4.90. The molecule has 7 nitrogen and oxygen atoms in total. The van der Waals surface area contributed by atoms with Gasteiger partial charge in [0.25, 0.3) is 0 Å². The Morgan fingerprint density at radius 2 is 1.89 bits per heavy atom. The molecule has 1 fully saturated rings. The summed E-state index contributed by atoms with van der Waals surface area (Å²) in [5.74, 6) is 1.06. The van der Waals surface area contributed by atoms with E-state index in [0.717, 1.165) is 22.9 Å². The van der Waals surface area contributed by atoms with Gasteiger partial charge in [0.05, 0.1) is 13.2 Å². The van der Waals surface area contributed by atoms with Crippen LogP contribution in [0, 0.1) is 5.92 Å². The summed E-state index contributed by atoms with van der Waals surface area (Å²) in [6.45, 7) is 1.68. The van der Waals surface area contributed by atoms with E-state index < -0.39 is 10.0 Å². The largest absolute Gasteiger partial charge is 0.493 e. The van der Waals surface area contributed by atoms with Crippen LogP contribution in [-0.4, -0.2) is 61.8 Å². The van der Waals surface area contributed by atoms with Gasteiger partial charge in [-0.2, -0.15) is 4.31 Å². The number of benzene rings is 1. The van der Waals surface area contributed by atoms with E-state index in [4.69, 9.17) is 4.74 Å². The molecule has 0 saturated carbocycles. The lowest BCUT2D eigenvalue weighted by Crippen LogP contribution is -2.45. The summed E-state index contributed by atoms with van der Waals surface area (Å²) in [6, 6.07) is 12.7. The number of para-hydroxylation sites is 1. The highest BCUT2D eigenvalue weighted by molar-refractivity contribution is 7.89. The number of carbonyl (C=O) groups is 1. The van der Waals surface area contributed by atoms with Crippen molar-refractivity contribution in [1.29, 1.82) is 0 Å². The number of ether oxygens (including phenoxy) is 1. The third kappa shape index (κ3) is 5.08. The molecule has 8 heteroatoms. The fourth-order valence-electron chi connectivity index (χ4n) is 3.13. The molecule has 2 aromatic rings. The Bertz CT molecular complexity index is 867. The summed E-state index contributed by atoms with van der Waals surface area (Å²) in [5, 5.41) is 0. The predicted octanol–water partition coefficient (Wildman–Crippen LogP) is 2.02. The Labute approximate surface area is 166 Å².